The van der Waals surface area contributed by atoms with Gasteiger partial charge >= 0.3 is 12.0 Å². The first-order valence-electron chi connectivity index (χ1n) is 10.2. The van der Waals surface area contributed by atoms with Crippen LogP contribution >= 0.6 is 0 Å². The minimum Gasteiger partial charge on any atom is -0.411 e. The van der Waals surface area contributed by atoms with Crippen LogP contribution in [-0.2, 0) is 0 Å². The summed E-state index contributed by atoms with van der Waals surface area (Å²) in [5.74, 6) is 0. The lowest BCUT2D eigenvalue weighted by molar-refractivity contribution is 0.363. The SMILES string of the molecule is c1nnc(N2CCC3(CCNC3)C2)o1.c1noc(N2CCC3(CCNC3)C2)n1. The minimum absolute atomic E-state index is 0.467. The van der Waals surface area contributed by atoms with Crippen LogP contribution < -0.4 is 20.4 Å². The molecule has 2 aromatic heterocycles. The van der Waals surface area contributed by atoms with Gasteiger partial charge in [0, 0.05) is 50.1 Å². The van der Waals surface area contributed by atoms with Gasteiger partial charge in [-0.05, 0) is 38.8 Å². The fourth-order valence-electron chi connectivity index (χ4n) is 5.10. The molecule has 0 aromatic carbocycles. The van der Waals surface area contributed by atoms with Gasteiger partial charge in [0.15, 0.2) is 6.33 Å². The van der Waals surface area contributed by atoms with Gasteiger partial charge < -0.3 is 29.4 Å². The lowest BCUT2D eigenvalue weighted by Crippen LogP contribution is -2.29. The molecule has 28 heavy (non-hydrogen) atoms. The van der Waals surface area contributed by atoms with Crippen molar-refractivity contribution in [3.8, 4) is 0 Å². The van der Waals surface area contributed by atoms with E-state index in [0.29, 0.717) is 22.9 Å². The molecule has 2 unspecified atom stereocenters. The number of nitrogens with one attached hydrogen (secondary N) is 2. The highest BCUT2D eigenvalue weighted by Gasteiger charge is 2.42. The molecule has 2 aromatic rings. The standard InChI is InChI=1S/2C9H14N4O/c1-3-10-5-9(1)2-4-13(6-9)8-12-11-7-14-8;1-3-10-5-9(1)2-4-13(6-9)8-11-7-12-14-8/h2*7,10H,1-6H2. The smallest absolute Gasteiger partial charge is 0.323 e. The normalized spacial score (nSPS) is 31.9. The highest BCUT2D eigenvalue weighted by molar-refractivity contribution is 5.29. The molecule has 10 nitrogen and oxygen atoms in total. The molecule has 10 heteroatoms. The fourth-order valence-corrected chi connectivity index (χ4v) is 5.10. The van der Waals surface area contributed by atoms with Crippen molar-refractivity contribution in [2.45, 2.75) is 25.7 Å². The van der Waals surface area contributed by atoms with E-state index in [1.807, 2.05) is 0 Å². The Balaban J connectivity index is 0.000000122. The molecule has 0 saturated carbocycles. The maximum absolute atomic E-state index is 5.20. The Bertz CT molecular complexity index is 673. The molecule has 0 amide bonds. The zero-order chi connectivity index (χ0) is 18.9. The molecule has 152 valence electrons. The zero-order valence-corrected chi connectivity index (χ0v) is 16.1. The van der Waals surface area contributed by atoms with E-state index >= 15 is 0 Å². The molecule has 0 radical (unpaired) electrons. The first-order chi connectivity index (χ1) is 13.8. The summed E-state index contributed by atoms with van der Waals surface area (Å²) in [6.07, 6.45) is 7.89. The van der Waals surface area contributed by atoms with Crippen molar-refractivity contribution in [2.24, 2.45) is 10.8 Å². The van der Waals surface area contributed by atoms with Crippen LogP contribution in [0.1, 0.15) is 25.7 Å². The van der Waals surface area contributed by atoms with Crippen molar-refractivity contribution >= 4 is 12.0 Å². The summed E-state index contributed by atoms with van der Waals surface area (Å²) >= 11 is 0. The summed E-state index contributed by atoms with van der Waals surface area (Å²) in [5, 5.41) is 18.1. The van der Waals surface area contributed by atoms with Gasteiger partial charge in [-0.25, -0.2) is 0 Å². The van der Waals surface area contributed by atoms with Crippen molar-refractivity contribution in [3.05, 3.63) is 12.7 Å². The fraction of sp³-hybridized carbons (Fsp3) is 0.778. The molecule has 2 spiro atoms. The molecular weight excluding hydrogens is 360 g/mol. The number of hydrogen-bond acceptors (Lipinski definition) is 10. The monoisotopic (exact) mass is 388 g/mol. The predicted molar refractivity (Wildman–Crippen MR) is 102 cm³/mol. The number of anilines is 2. The van der Waals surface area contributed by atoms with Crippen LogP contribution in [-0.4, -0.2) is 72.7 Å². The molecule has 4 aliphatic heterocycles. The highest BCUT2D eigenvalue weighted by atomic mass is 16.5. The number of nitrogens with zero attached hydrogens (tertiary/aromatic N) is 6. The molecule has 2 N–H and O–H groups in total. The summed E-state index contributed by atoms with van der Waals surface area (Å²) in [4.78, 5) is 8.47. The average Bonchev–Trinajstić information content (AvgIpc) is 3.56. The van der Waals surface area contributed by atoms with Gasteiger partial charge in [0.25, 0.3) is 0 Å². The van der Waals surface area contributed by atoms with Crippen molar-refractivity contribution in [2.75, 3.05) is 62.2 Å². The molecular formula is C18H28N8O2. The first kappa shape index (κ1) is 17.9. The molecule has 6 rings (SSSR count). The third kappa shape index (κ3) is 3.46. The molecule has 4 fully saturated rings. The summed E-state index contributed by atoms with van der Waals surface area (Å²) in [6.45, 7) is 8.78. The van der Waals surface area contributed by atoms with Gasteiger partial charge in [-0.1, -0.05) is 10.3 Å². The Hall–Kier alpha value is -2.20. The summed E-state index contributed by atoms with van der Waals surface area (Å²) in [7, 11) is 0. The van der Waals surface area contributed by atoms with Gasteiger partial charge in [0.1, 0.15) is 0 Å². The van der Waals surface area contributed by atoms with Crippen molar-refractivity contribution in [1.29, 1.82) is 0 Å². The Morgan fingerprint density at radius 3 is 2.07 bits per heavy atom. The summed E-state index contributed by atoms with van der Waals surface area (Å²) < 4.78 is 10.3. The van der Waals surface area contributed by atoms with Crippen LogP contribution in [0.2, 0.25) is 0 Å². The number of aromatic nitrogens is 4. The lowest BCUT2D eigenvalue weighted by Gasteiger charge is -2.21. The third-order valence-corrected chi connectivity index (χ3v) is 6.78. The van der Waals surface area contributed by atoms with E-state index in [1.54, 1.807) is 0 Å². The highest BCUT2D eigenvalue weighted by Crippen LogP contribution is 2.38. The third-order valence-electron chi connectivity index (χ3n) is 6.78. The second kappa shape index (κ2) is 7.32. The van der Waals surface area contributed by atoms with Crippen LogP contribution in [0.15, 0.2) is 21.7 Å². The second-order valence-corrected chi connectivity index (χ2v) is 8.64. The Labute approximate surface area is 164 Å². The summed E-state index contributed by atoms with van der Waals surface area (Å²) in [6, 6.07) is 1.35. The van der Waals surface area contributed by atoms with Crippen molar-refractivity contribution in [3.63, 3.8) is 0 Å². The van der Waals surface area contributed by atoms with Crippen molar-refractivity contribution in [1.82, 2.24) is 31.0 Å². The average molecular weight is 388 g/mol. The van der Waals surface area contributed by atoms with Gasteiger partial charge in [-0.15, -0.1) is 5.10 Å². The van der Waals surface area contributed by atoms with Crippen LogP contribution in [0.3, 0.4) is 0 Å². The zero-order valence-electron chi connectivity index (χ0n) is 16.1. The van der Waals surface area contributed by atoms with Crippen LogP contribution in [0, 0.1) is 10.8 Å². The van der Waals surface area contributed by atoms with E-state index in [9.17, 15) is 0 Å². The van der Waals surface area contributed by atoms with E-state index in [0.717, 1.165) is 52.4 Å². The summed E-state index contributed by atoms with van der Waals surface area (Å²) in [5.41, 5.74) is 0.933. The Kier molecular flexibility index (Phi) is 4.67. The van der Waals surface area contributed by atoms with E-state index in [-0.39, 0.29) is 0 Å². The topological polar surface area (TPSA) is 108 Å². The molecule has 4 saturated heterocycles. The van der Waals surface area contributed by atoms with E-state index < -0.39 is 0 Å². The maximum atomic E-state index is 5.20. The molecule has 6 heterocycles. The number of hydrogen-bond donors (Lipinski definition) is 2. The van der Waals surface area contributed by atoms with E-state index in [4.69, 9.17) is 8.94 Å². The van der Waals surface area contributed by atoms with Gasteiger partial charge in [-0.3, -0.25) is 0 Å². The maximum Gasteiger partial charge on any atom is 0.323 e. The van der Waals surface area contributed by atoms with Crippen molar-refractivity contribution < 1.29 is 8.94 Å². The largest absolute Gasteiger partial charge is 0.411 e. The molecule has 0 bridgehead atoms. The van der Waals surface area contributed by atoms with E-state index in [1.165, 1.54) is 38.4 Å². The van der Waals surface area contributed by atoms with Crippen LogP contribution in [0.5, 0.6) is 0 Å². The number of rotatable bonds is 2. The van der Waals surface area contributed by atoms with Crippen LogP contribution in [0.4, 0.5) is 12.0 Å². The van der Waals surface area contributed by atoms with Gasteiger partial charge in [0.05, 0.1) is 0 Å². The lowest BCUT2D eigenvalue weighted by atomic mass is 9.87. The quantitative estimate of drug-likeness (QED) is 0.756. The van der Waals surface area contributed by atoms with Gasteiger partial charge in [0.2, 0.25) is 6.39 Å². The minimum atomic E-state index is 0.467. The Morgan fingerprint density at radius 2 is 1.57 bits per heavy atom. The first-order valence-corrected chi connectivity index (χ1v) is 10.2. The van der Waals surface area contributed by atoms with Crippen LogP contribution in [0.25, 0.3) is 0 Å². The second-order valence-electron chi connectivity index (χ2n) is 8.64. The predicted octanol–water partition coefficient (Wildman–Crippen LogP) is 0.519. The molecule has 2 atom stereocenters. The molecule has 0 aliphatic carbocycles. The Morgan fingerprint density at radius 1 is 0.893 bits per heavy atom. The molecule has 4 aliphatic rings. The van der Waals surface area contributed by atoms with E-state index in [2.05, 4.69) is 40.8 Å². The van der Waals surface area contributed by atoms with Gasteiger partial charge in [-0.2, -0.15) is 4.98 Å².